The van der Waals surface area contributed by atoms with Gasteiger partial charge in [0, 0.05) is 19.9 Å². The molecule has 0 saturated heterocycles. The van der Waals surface area contributed by atoms with Gasteiger partial charge in [-0.25, -0.2) is 18.1 Å². The third-order valence-electron chi connectivity index (χ3n) is 3.13. The van der Waals surface area contributed by atoms with Gasteiger partial charge >= 0.3 is 0 Å². The molecule has 0 amide bonds. The maximum absolute atomic E-state index is 12.1. The predicted octanol–water partition coefficient (Wildman–Crippen LogP) is 2.12. The van der Waals surface area contributed by atoms with E-state index in [-0.39, 0.29) is 4.90 Å². The number of sulfonamides is 1. The Morgan fingerprint density at radius 2 is 1.95 bits per heavy atom. The highest BCUT2D eigenvalue weighted by molar-refractivity contribution is 7.89. The molecule has 1 aromatic carbocycles. The molecule has 0 aliphatic rings. The SMILES string of the molecule is Cc1nc(CCNS(=O)(=O)c2ccc(C)c(C)c2)co1. The number of oxazole rings is 1. The molecular weight excluding hydrogens is 276 g/mol. The number of benzene rings is 1. The Morgan fingerprint density at radius 3 is 2.55 bits per heavy atom. The van der Waals surface area contributed by atoms with Crippen LogP contribution >= 0.6 is 0 Å². The van der Waals surface area contributed by atoms with Crippen LogP contribution in [0.2, 0.25) is 0 Å². The van der Waals surface area contributed by atoms with Gasteiger partial charge in [-0.15, -0.1) is 0 Å². The van der Waals surface area contributed by atoms with Gasteiger partial charge in [-0.05, 0) is 37.1 Å². The number of aromatic nitrogens is 1. The van der Waals surface area contributed by atoms with E-state index < -0.39 is 10.0 Å². The van der Waals surface area contributed by atoms with E-state index in [1.165, 1.54) is 0 Å². The summed E-state index contributed by atoms with van der Waals surface area (Å²) in [6.45, 7) is 5.89. The van der Waals surface area contributed by atoms with Crippen LogP contribution in [-0.4, -0.2) is 19.9 Å². The second kappa shape index (κ2) is 5.76. The first kappa shape index (κ1) is 14.7. The van der Waals surface area contributed by atoms with Crippen molar-refractivity contribution >= 4 is 10.0 Å². The van der Waals surface area contributed by atoms with Crippen LogP contribution in [0.3, 0.4) is 0 Å². The summed E-state index contributed by atoms with van der Waals surface area (Å²) < 4.78 is 31.9. The van der Waals surface area contributed by atoms with E-state index in [1.807, 2.05) is 19.9 Å². The molecule has 0 saturated carbocycles. The van der Waals surface area contributed by atoms with Crippen LogP contribution in [0.5, 0.6) is 0 Å². The van der Waals surface area contributed by atoms with Gasteiger partial charge in [0.25, 0.3) is 0 Å². The van der Waals surface area contributed by atoms with Crippen molar-refractivity contribution < 1.29 is 12.8 Å². The maximum atomic E-state index is 12.1. The lowest BCUT2D eigenvalue weighted by Gasteiger charge is -2.08. The monoisotopic (exact) mass is 294 g/mol. The number of nitrogens with one attached hydrogen (secondary N) is 1. The lowest BCUT2D eigenvalue weighted by Crippen LogP contribution is -2.26. The van der Waals surface area contributed by atoms with Crippen molar-refractivity contribution in [3.63, 3.8) is 0 Å². The molecule has 6 heteroatoms. The Hall–Kier alpha value is -1.66. The number of rotatable bonds is 5. The predicted molar refractivity (Wildman–Crippen MR) is 76.0 cm³/mol. The normalized spacial score (nSPS) is 11.8. The van der Waals surface area contributed by atoms with Crippen LogP contribution in [0, 0.1) is 20.8 Å². The fourth-order valence-electron chi connectivity index (χ4n) is 1.80. The van der Waals surface area contributed by atoms with Crippen molar-refractivity contribution in [3.05, 3.63) is 47.2 Å². The molecule has 0 radical (unpaired) electrons. The van der Waals surface area contributed by atoms with Crippen molar-refractivity contribution in [2.75, 3.05) is 6.54 Å². The Labute approximate surface area is 119 Å². The minimum Gasteiger partial charge on any atom is -0.449 e. The van der Waals surface area contributed by atoms with Gasteiger partial charge in [0.1, 0.15) is 6.26 Å². The fourth-order valence-corrected chi connectivity index (χ4v) is 2.92. The molecule has 0 spiro atoms. The first-order valence-electron chi connectivity index (χ1n) is 6.36. The molecule has 0 aliphatic heterocycles. The maximum Gasteiger partial charge on any atom is 0.240 e. The van der Waals surface area contributed by atoms with Crippen LogP contribution in [-0.2, 0) is 16.4 Å². The van der Waals surface area contributed by atoms with Gasteiger partial charge in [0.2, 0.25) is 10.0 Å². The zero-order valence-corrected chi connectivity index (χ0v) is 12.6. The molecule has 1 N–H and O–H groups in total. The first-order chi connectivity index (χ1) is 9.38. The lowest BCUT2D eigenvalue weighted by molar-refractivity contribution is 0.520. The molecule has 0 bridgehead atoms. The summed E-state index contributed by atoms with van der Waals surface area (Å²) in [6, 6.07) is 5.10. The molecule has 1 aromatic heterocycles. The Kier molecular flexibility index (Phi) is 4.25. The quantitative estimate of drug-likeness (QED) is 0.917. The Bertz CT molecular complexity index is 705. The lowest BCUT2D eigenvalue weighted by atomic mass is 10.1. The summed E-state index contributed by atoms with van der Waals surface area (Å²) in [5, 5.41) is 0. The van der Waals surface area contributed by atoms with Crippen LogP contribution in [0.4, 0.5) is 0 Å². The van der Waals surface area contributed by atoms with E-state index in [1.54, 1.807) is 25.3 Å². The molecule has 0 aliphatic carbocycles. The molecular formula is C14H18N2O3S. The number of hydrogen-bond acceptors (Lipinski definition) is 4. The second-order valence-electron chi connectivity index (χ2n) is 4.75. The third-order valence-corrected chi connectivity index (χ3v) is 4.59. The molecule has 5 nitrogen and oxygen atoms in total. The van der Waals surface area contributed by atoms with Gasteiger partial charge in [-0.1, -0.05) is 6.07 Å². The van der Waals surface area contributed by atoms with Crippen LogP contribution in [0.25, 0.3) is 0 Å². The van der Waals surface area contributed by atoms with Gasteiger partial charge in [-0.3, -0.25) is 0 Å². The first-order valence-corrected chi connectivity index (χ1v) is 7.85. The Balaban J connectivity index is 2.02. The number of aryl methyl sites for hydroxylation is 3. The molecule has 1 heterocycles. The highest BCUT2D eigenvalue weighted by atomic mass is 32.2. The molecule has 0 atom stereocenters. The van der Waals surface area contributed by atoms with Crippen molar-refractivity contribution in [1.29, 1.82) is 0 Å². The largest absolute Gasteiger partial charge is 0.449 e. The van der Waals surface area contributed by atoms with Crippen molar-refractivity contribution in [1.82, 2.24) is 9.71 Å². The van der Waals surface area contributed by atoms with E-state index in [9.17, 15) is 8.42 Å². The minimum atomic E-state index is -3.47. The summed E-state index contributed by atoms with van der Waals surface area (Å²) in [6.07, 6.45) is 2.04. The highest BCUT2D eigenvalue weighted by Gasteiger charge is 2.14. The summed E-state index contributed by atoms with van der Waals surface area (Å²) in [5.41, 5.74) is 2.77. The topological polar surface area (TPSA) is 72.2 Å². The summed E-state index contributed by atoms with van der Waals surface area (Å²) in [7, 11) is -3.47. The number of nitrogens with zero attached hydrogens (tertiary/aromatic N) is 1. The van der Waals surface area contributed by atoms with E-state index in [2.05, 4.69) is 9.71 Å². The van der Waals surface area contributed by atoms with Crippen LogP contribution in [0.1, 0.15) is 22.7 Å². The van der Waals surface area contributed by atoms with E-state index >= 15 is 0 Å². The van der Waals surface area contributed by atoms with Gasteiger partial charge in [0.15, 0.2) is 5.89 Å². The van der Waals surface area contributed by atoms with Crippen molar-refractivity contribution in [3.8, 4) is 0 Å². The average Bonchev–Trinajstić information content (AvgIpc) is 2.78. The highest BCUT2D eigenvalue weighted by Crippen LogP contribution is 2.14. The molecule has 2 rings (SSSR count). The molecule has 2 aromatic rings. The zero-order chi connectivity index (χ0) is 14.8. The third kappa shape index (κ3) is 3.46. The van der Waals surface area contributed by atoms with Crippen LogP contribution < -0.4 is 4.72 Å². The standard InChI is InChI=1S/C14H18N2O3S/c1-10-4-5-14(8-11(10)2)20(17,18)15-7-6-13-9-19-12(3)16-13/h4-5,8-9,15H,6-7H2,1-3H3. The van der Waals surface area contributed by atoms with E-state index in [0.29, 0.717) is 18.9 Å². The zero-order valence-electron chi connectivity index (χ0n) is 11.8. The smallest absolute Gasteiger partial charge is 0.240 e. The number of hydrogen-bond donors (Lipinski definition) is 1. The summed E-state index contributed by atoms with van der Waals surface area (Å²) in [5.74, 6) is 0.581. The van der Waals surface area contributed by atoms with Gasteiger partial charge in [0.05, 0.1) is 10.6 Å². The molecule has 20 heavy (non-hydrogen) atoms. The van der Waals surface area contributed by atoms with Crippen molar-refractivity contribution in [2.45, 2.75) is 32.1 Å². The van der Waals surface area contributed by atoms with Crippen LogP contribution in [0.15, 0.2) is 33.8 Å². The molecule has 0 unspecified atom stereocenters. The van der Waals surface area contributed by atoms with Gasteiger partial charge in [-0.2, -0.15) is 0 Å². The Morgan fingerprint density at radius 1 is 1.20 bits per heavy atom. The second-order valence-corrected chi connectivity index (χ2v) is 6.52. The van der Waals surface area contributed by atoms with Crippen molar-refractivity contribution in [2.24, 2.45) is 0 Å². The average molecular weight is 294 g/mol. The summed E-state index contributed by atoms with van der Waals surface area (Å²) >= 11 is 0. The van der Waals surface area contributed by atoms with E-state index in [4.69, 9.17) is 4.42 Å². The fraction of sp³-hybridized carbons (Fsp3) is 0.357. The molecule has 0 fully saturated rings. The molecule has 108 valence electrons. The van der Waals surface area contributed by atoms with E-state index in [0.717, 1.165) is 16.8 Å². The minimum absolute atomic E-state index is 0.289. The van der Waals surface area contributed by atoms with Gasteiger partial charge < -0.3 is 4.42 Å². The summed E-state index contributed by atoms with van der Waals surface area (Å²) in [4.78, 5) is 4.42.